The van der Waals surface area contributed by atoms with E-state index in [1.165, 1.54) is 43.8 Å². The molecule has 0 amide bonds. The fraction of sp³-hybridized carbons (Fsp3) is 0. The van der Waals surface area contributed by atoms with Crippen LogP contribution in [0, 0.1) is 0 Å². The minimum atomic E-state index is 0.872. The molecular formula is C44H29NO. The van der Waals surface area contributed by atoms with Crippen LogP contribution in [0.5, 0.6) is 0 Å². The lowest BCUT2D eigenvalue weighted by atomic mass is 9.95. The molecule has 9 rings (SSSR count). The molecule has 0 aliphatic rings. The summed E-state index contributed by atoms with van der Waals surface area (Å²) in [6, 6.07) is 62.6. The normalized spacial score (nSPS) is 11.5. The molecular weight excluding hydrogens is 558 g/mol. The Morgan fingerprint density at radius 1 is 0.348 bits per heavy atom. The number of benzene rings is 8. The molecule has 9 aromatic rings. The van der Waals surface area contributed by atoms with Crippen molar-refractivity contribution >= 4 is 60.5 Å². The van der Waals surface area contributed by atoms with E-state index in [4.69, 9.17) is 4.42 Å². The van der Waals surface area contributed by atoms with Crippen molar-refractivity contribution < 1.29 is 4.42 Å². The zero-order valence-electron chi connectivity index (χ0n) is 25.1. The van der Waals surface area contributed by atoms with Gasteiger partial charge in [0.1, 0.15) is 11.2 Å². The van der Waals surface area contributed by atoms with Gasteiger partial charge in [-0.2, -0.15) is 0 Å². The summed E-state index contributed by atoms with van der Waals surface area (Å²) in [5.74, 6) is 0. The molecule has 0 spiro atoms. The van der Waals surface area contributed by atoms with E-state index in [0.717, 1.165) is 39.0 Å². The van der Waals surface area contributed by atoms with Crippen LogP contribution < -0.4 is 4.90 Å². The molecule has 0 saturated heterocycles. The van der Waals surface area contributed by atoms with Crippen LogP contribution in [-0.4, -0.2) is 0 Å². The van der Waals surface area contributed by atoms with Gasteiger partial charge in [0, 0.05) is 33.9 Å². The number of fused-ring (bicyclic) bond motifs is 6. The number of rotatable bonds is 5. The quantitative estimate of drug-likeness (QED) is 0.199. The maximum absolute atomic E-state index is 6.67. The summed E-state index contributed by atoms with van der Waals surface area (Å²) in [6.45, 7) is 0. The number of anilines is 3. The van der Waals surface area contributed by atoms with Gasteiger partial charge < -0.3 is 9.32 Å². The Balaban J connectivity index is 1.17. The minimum Gasteiger partial charge on any atom is -0.456 e. The van der Waals surface area contributed by atoms with Crippen molar-refractivity contribution in [2.75, 3.05) is 4.90 Å². The van der Waals surface area contributed by atoms with Crippen molar-refractivity contribution in [3.63, 3.8) is 0 Å². The van der Waals surface area contributed by atoms with Crippen molar-refractivity contribution in [3.05, 3.63) is 176 Å². The van der Waals surface area contributed by atoms with Crippen LogP contribution in [0.25, 0.3) is 65.7 Å². The van der Waals surface area contributed by atoms with Crippen LogP contribution in [0.3, 0.4) is 0 Å². The summed E-state index contributed by atoms with van der Waals surface area (Å²) in [4.78, 5) is 2.30. The van der Waals surface area contributed by atoms with Crippen molar-refractivity contribution in [1.29, 1.82) is 0 Å². The van der Waals surface area contributed by atoms with Gasteiger partial charge >= 0.3 is 0 Å². The third kappa shape index (κ3) is 4.43. The highest BCUT2D eigenvalue weighted by Gasteiger charge is 2.18. The Morgan fingerprint density at radius 3 is 1.78 bits per heavy atom. The first-order chi connectivity index (χ1) is 22.8. The molecule has 0 atom stereocenters. The Labute approximate surface area is 267 Å². The maximum atomic E-state index is 6.67. The van der Waals surface area contributed by atoms with Crippen molar-refractivity contribution in [2.24, 2.45) is 0 Å². The van der Waals surface area contributed by atoms with E-state index in [-0.39, 0.29) is 0 Å². The third-order valence-corrected chi connectivity index (χ3v) is 9.03. The summed E-state index contributed by atoms with van der Waals surface area (Å²) in [5.41, 5.74) is 9.76. The van der Waals surface area contributed by atoms with Crippen molar-refractivity contribution in [1.82, 2.24) is 0 Å². The summed E-state index contributed by atoms with van der Waals surface area (Å²) in [7, 11) is 0. The third-order valence-electron chi connectivity index (χ3n) is 9.03. The van der Waals surface area contributed by atoms with E-state index in [1.807, 2.05) is 0 Å². The fourth-order valence-electron chi connectivity index (χ4n) is 6.82. The molecule has 2 heteroatoms. The molecule has 8 aromatic carbocycles. The van der Waals surface area contributed by atoms with Gasteiger partial charge in [-0.25, -0.2) is 0 Å². The fourth-order valence-corrected chi connectivity index (χ4v) is 6.82. The molecule has 46 heavy (non-hydrogen) atoms. The highest BCUT2D eigenvalue weighted by molar-refractivity contribution is 6.22. The summed E-state index contributed by atoms with van der Waals surface area (Å²) in [5, 5.41) is 7.21. The van der Waals surface area contributed by atoms with Gasteiger partial charge in [-0.3, -0.25) is 0 Å². The van der Waals surface area contributed by atoms with Gasteiger partial charge in [-0.05, 0) is 92.3 Å². The lowest BCUT2D eigenvalue weighted by molar-refractivity contribution is 0.669. The summed E-state index contributed by atoms with van der Waals surface area (Å²) >= 11 is 0. The van der Waals surface area contributed by atoms with E-state index in [0.29, 0.717) is 0 Å². The smallest absolute Gasteiger partial charge is 0.137 e. The molecule has 1 aromatic heterocycles. The second-order valence-electron chi connectivity index (χ2n) is 11.8. The van der Waals surface area contributed by atoms with E-state index in [9.17, 15) is 0 Å². The average molecular weight is 588 g/mol. The molecule has 1 heterocycles. The molecule has 216 valence electrons. The minimum absolute atomic E-state index is 0.872. The van der Waals surface area contributed by atoms with E-state index in [1.54, 1.807) is 0 Å². The maximum Gasteiger partial charge on any atom is 0.137 e. The first-order valence-electron chi connectivity index (χ1n) is 15.7. The van der Waals surface area contributed by atoms with E-state index < -0.39 is 0 Å². The molecule has 0 saturated carbocycles. The molecule has 0 aliphatic carbocycles. The second kappa shape index (κ2) is 10.8. The highest BCUT2D eigenvalue weighted by Crippen LogP contribution is 2.43. The van der Waals surface area contributed by atoms with E-state index >= 15 is 0 Å². The Hall–Kier alpha value is -6.12. The van der Waals surface area contributed by atoms with Gasteiger partial charge in [0.15, 0.2) is 0 Å². The largest absolute Gasteiger partial charge is 0.456 e. The molecule has 0 aliphatic heterocycles. The standard InChI is InChI=1S/C44H29NO/c1-3-12-32(13-4-1)41-29-43-44(39-18-10-9-17-38(39)41)40-26-25-37(28-42(40)46-43)45(35-15-5-2-6-16-35)36-23-21-31(22-24-36)34-20-19-30-11-7-8-14-33(30)27-34/h1-29H. The number of hydrogen-bond acceptors (Lipinski definition) is 2. The Kier molecular flexibility index (Phi) is 6.17. The SMILES string of the molecule is c1ccc(-c2cc3oc4cc(N(c5ccccc5)c5ccc(-c6ccc7ccccc7c6)cc5)ccc4c3c3ccccc23)cc1. The Bertz CT molecular complexity index is 2510. The van der Waals surface area contributed by atoms with Crippen LogP contribution in [0.1, 0.15) is 0 Å². The molecule has 0 unspecified atom stereocenters. The predicted octanol–water partition coefficient (Wildman–Crippen LogP) is 12.7. The zero-order chi connectivity index (χ0) is 30.5. The van der Waals surface area contributed by atoms with Crippen molar-refractivity contribution in [2.45, 2.75) is 0 Å². The molecule has 0 fully saturated rings. The van der Waals surface area contributed by atoms with Gasteiger partial charge in [-0.1, -0.05) is 121 Å². The lowest BCUT2D eigenvalue weighted by Crippen LogP contribution is -2.09. The van der Waals surface area contributed by atoms with Crippen molar-refractivity contribution in [3.8, 4) is 22.3 Å². The highest BCUT2D eigenvalue weighted by atomic mass is 16.3. The summed E-state index contributed by atoms with van der Waals surface area (Å²) < 4.78 is 6.67. The monoisotopic (exact) mass is 587 g/mol. The topological polar surface area (TPSA) is 16.4 Å². The second-order valence-corrected chi connectivity index (χ2v) is 11.8. The lowest BCUT2D eigenvalue weighted by Gasteiger charge is -2.25. The zero-order valence-corrected chi connectivity index (χ0v) is 25.1. The van der Waals surface area contributed by atoms with Gasteiger partial charge in [0.05, 0.1) is 0 Å². The van der Waals surface area contributed by atoms with Crippen LogP contribution in [-0.2, 0) is 0 Å². The number of para-hydroxylation sites is 1. The Morgan fingerprint density at radius 2 is 0.978 bits per heavy atom. The van der Waals surface area contributed by atoms with Crippen LogP contribution >= 0.6 is 0 Å². The predicted molar refractivity (Wildman–Crippen MR) is 194 cm³/mol. The molecule has 0 bridgehead atoms. The van der Waals surface area contributed by atoms with E-state index in [2.05, 4.69) is 181 Å². The first kappa shape index (κ1) is 26.3. The van der Waals surface area contributed by atoms with Gasteiger partial charge in [-0.15, -0.1) is 0 Å². The number of nitrogens with zero attached hydrogens (tertiary/aromatic N) is 1. The van der Waals surface area contributed by atoms with Crippen LogP contribution in [0.2, 0.25) is 0 Å². The number of furan rings is 1. The number of hydrogen-bond donors (Lipinski definition) is 0. The summed E-state index contributed by atoms with van der Waals surface area (Å²) in [6.07, 6.45) is 0. The van der Waals surface area contributed by atoms with Crippen LogP contribution in [0.4, 0.5) is 17.1 Å². The average Bonchev–Trinajstić information content (AvgIpc) is 3.50. The van der Waals surface area contributed by atoms with Gasteiger partial charge in [0.25, 0.3) is 0 Å². The molecule has 2 nitrogen and oxygen atoms in total. The van der Waals surface area contributed by atoms with Gasteiger partial charge in [0.2, 0.25) is 0 Å². The first-order valence-corrected chi connectivity index (χ1v) is 15.7. The van der Waals surface area contributed by atoms with Crippen LogP contribution in [0.15, 0.2) is 180 Å². The molecule has 0 N–H and O–H groups in total. The molecule has 0 radical (unpaired) electrons.